The summed E-state index contributed by atoms with van der Waals surface area (Å²) in [5.74, 6) is 1.23. The van der Waals surface area contributed by atoms with Crippen LogP contribution in [-0.2, 0) is 15.7 Å². The number of esters is 1. The van der Waals surface area contributed by atoms with Crippen LogP contribution in [0.15, 0.2) is 59.6 Å². The Morgan fingerprint density at radius 2 is 1.91 bits per heavy atom. The molecule has 1 atom stereocenters. The van der Waals surface area contributed by atoms with Crippen molar-refractivity contribution in [3.8, 4) is 11.5 Å². The van der Waals surface area contributed by atoms with Crippen LogP contribution in [-0.4, -0.2) is 31.5 Å². The van der Waals surface area contributed by atoms with Crippen LogP contribution in [0.1, 0.15) is 24.5 Å². The Bertz CT molecular complexity index is 1000. The average molecular weight is 494 g/mol. The van der Waals surface area contributed by atoms with E-state index in [0.717, 1.165) is 22.6 Å². The lowest BCUT2D eigenvalue weighted by molar-refractivity contribution is -0.145. The minimum absolute atomic E-state index is 0.0327. The van der Waals surface area contributed by atoms with Crippen molar-refractivity contribution < 1.29 is 32.2 Å². The normalized spacial score (nSPS) is 12.2. The largest absolute Gasteiger partial charge is 0.493 e. The van der Waals surface area contributed by atoms with Crippen LogP contribution in [0.25, 0.3) is 4.85 Å². The maximum atomic E-state index is 12.7. The number of thioether (sulfide) groups is 1. The molecule has 0 saturated carbocycles. The van der Waals surface area contributed by atoms with Gasteiger partial charge in [-0.2, -0.15) is 13.2 Å². The first-order valence-corrected chi connectivity index (χ1v) is 11.5. The van der Waals surface area contributed by atoms with Gasteiger partial charge in [-0.3, -0.25) is 0 Å². The molecule has 0 aliphatic heterocycles. The zero-order valence-electron chi connectivity index (χ0n) is 18.9. The number of aryl methyl sites for hydroxylation is 1. The van der Waals surface area contributed by atoms with Crippen LogP contribution in [0, 0.1) is 19.4 Å². The molecule has 0 saturated heterocycles. The molecule has 0 aliphatic carbocycles. The molecule has 0 amide bonds. The molecule has 0 heterocycles. The summed E-state index contributed by atoms with van der Waals surface area (Å²) < 4.78 is 54.3. The predicted molar refractivity (Wildman–Crippen MR) is 125 cm³/mol. The molecular formula is C25H26F3NO4S. The summed E-state index contributed by atoms with van der Waals surface area (Å²) in [5.41, 5.74) is 0.150. The van der Waals surface area contributed by atoms with Crippen molar-refractivity contribution in [2.75, 3.05) is 25.6 Å². The Kier molecular flexibility index (Phi) is 10.8. The summed E-state index contributed by atoms with van der Waals surface area (Å²) in [6, 6.07) is 10.2. The Morgan fingerprint density at radius 3 is 2.53 bits per heavy atom. The molecular weight excluding hydrogens is 467 g/mol. The summed E-state index contributed by atoms with van der Waals surface area (Å²) in [5, 5.41) is 0. The summed E-state index contributed by atoms with van der Waals surface area (Å²) in [4.78, 5) is 15.7. The summed E-state index contributed by atoms with van der Waals surface area (Å²) in [6.07, 6.45) is -0.656. The second-order valence-corrected chi connectivity index (χ2v) is 8.37. The van der Waals surface area contributed by atoms with Crippen molar-refractivity contribution >= 4 is 17.7 Å². The maximum absolute atomic E-state index is 12.7. The van der Waals surface area contributed by atoms with Gasteiger partial charge in [-0.25, -0.2) is 9.64 Å². The van der Waals surface area contributed by atoms with Crippen molar-refractivity contribution in [1.82, 2.24) is 0 Å². The second-order valence-electron chi connectivity index (χ2n) is 7.28. The summed E-state index contributed by atoms with van der Waals surface area (Å²) in [6.45, 7) is 10.9. The zero-order valence-corrected chi connectivity index (χ0v) is 19.7. The van der Waals surface area contributed by atoms with Crippen molar-refractivity contribution in [2.45, 2.75) is 31.3 Å². The molecule has 182 valence electrons. The maximum Gasteiger partial charge on any atom is 0.416 e. The van der Waals surface area contributed by atoms with Gasteiger partial charge in [-0.15, -0.1) is 11.8 Å². The average Bonchev–Trinajstić information content (AvgIpc) is 2.80. The molecule has 0 aromatic heterocycles. The van der Waals surface area contributed by atoms with E-state index in [4.69, 9.17) is 20.8 Å². The highest BCUT2D eigenvalue weighted by atomic mass is 32.2. The molecule has 0 N–H and O–H groups in total. The second kappa shape index (κ2) is 13.6. The van der Waals surface area contributed by atoms with E-state index in [0.29, 0.717) is 36.9 Å². The number of alkyl halides is 3. The Hall–Kier alpha value is -3.12. The fourth-order valence-electron chi connectivity index (χ4n) is 2.87. The molecule has 2 aromatic carbocycles. The lowest BCUT2D eigenvalue weighted by atomic mass is 10.1. The van der Waals surface area contributed by atoms with Crippen LogP contribution >= 0.6 is 11.8 Å². The van der Waals surface area contributed by atoms with E-state index in [1.54, 1.807) is 30.8 Å². The van der Waals surface area contributed by atoms with E-state index in [1.807, 2.05) is 19.1 Å². The molecule has 0 radical (unpaired) electrons. The van der Waals surface area contributed by atoms with Gasteiger partial charge >= 0.3 is 12.1 Å². The number of benzene rings is 2. The smallest absolute Gasteiger partial charge is 0.416 e. The molecule has 0 spiro atoms. The van der Waals surface area contributed by atoms with Crippen molar-refractivity contribution in [1.29, 1.82) is 0 Å². The van der Waals surface area contributed by atoms with E-state index >= 15 is 0 Å². The Labute approximate surface area is 201 Å². The number of ether oxygens (including phenoxy) is 3. The molecule has 2 aromatic rings. The van der Waals surface area contributed by atoms with E-state index in [9.17, 15) is 18.0 Å². The van der Waals surface area contributed by atoms with Crippen molar-refractivity contribution in [3.63, 3.8) is 0 Å². The first-order valence-electron chi connectivity index (χ1n) is 10.6. The number of allylic oxidation sites excluding steroid dienone is 1. The third-order valence-corrected chi connectivity index (χ3v) is 5.82. The molecule has 2 rings (SSSR count). The molecule has 34 heavy (non-hydrogen) atoms. The van der Waals surface area contributed by atoms with Gasteiger partial charge in [0, 0.05) is 16.6 Å². The zero-order chi connectivity index (χ0) is 25.0. The fourth-order valence-corrected chi connectivity index (χ4v) is 3.96. The standard InChI is InChI=1S/C25H26F3NO4S/c1-4-31-24(30)16-33-23-12-11-22(14-18(23)2)34-17-19(6-5-13-29-3)15-32-21-9-7-20(8-10-21)25(26,27)28/h5,7-14,19H,4,6,15-17H2,1-2H3. The van der Waals surface area contributed by atoms with Crippen molar-refractivity contribution in [3.05, 3.63) is 77.3 Å². The van der Waals surface area contributed by atoms with Crippen molar-refractivity contribution in [2.24, 2.45) is 5.92 Å². The molecule has 0 fully saturated rings. The highest BCUT2D eigenvalue weighted by molar-refractivity contribution is 7.99. The van der Waals surface area contributed by atoms with Gasteiger partial charge in [-0.05, 0) is 68.3 Å². The minimum Gasteiger partial charge on any atom is -0.493 e. The summed E-state index contributed by atoms with van der Waals surface area (Å²) in [7, 11) is 0. The topological polar surface area (TPSA) is 49.1 Å². The Balaban J connectivity index is 1.95. The molecule has 9 heteroatoms. The lowest BCUT2D eigenvalue weighted by Crippen LogP contribution is -2.15. The van der Waals surface area contributed by atoms with E-state index < -0.39 is 17.7 Å². The van der Waals surface area contributed by atoms with E-state index in [1.165, 1.54) is 18.3 Å². The first-order chi connectivity index (χ1) is 16.2. The summed E-state index contributed by atoms with van der Waals surface area (Å²) >= 11 is 1.60. The third kappa shape index (κ3) is 9.40. The van der Waals surface area contributed by atoms with Crippen LogP contribution in [0.5, 0.6) is 11.5 Å². The van der Waals surface area contributed by atoms with Gasteiger partial charge in [0.15, 0.2) is 6.61 Å². The first kappa shape index (κ1) is 27.1. The third-order valence-electron chi connectivity index (χ3n) is 4.60. The SMILES string of the molecule is [C-]#[N+]C=CCC(COc1ccc(C(F)(F)F)cc1)CSc1ccc(OCC(=O)OCC)c(C)c1. The number of hydrogen-bond acceptors (Lipinski definition) is 5. The predicted octanol–water partition coefficient (Wildman–Crippen LogP) is 6.57. The van der Waals surface area contributed by atoms with Crippen LogP contribution in [0.3, 0.4) is 0 Å². The van der Waals surface area contributed by atoms with Gasteiger partial charge in [0.2, 0.25) is 0 Å². The number of nitrogens with zero attached hydrogens (tertiary/aromatic N) is 1. The molecule has 0 aliphatic rings. The highest BCUT2D eigenvalue weighted by Gasteiger charge is 2.30. The van der Waals surface area contributed by atoms with Gasteiger partial charge in [0.1, 0.15) is 17.7 Å². The van der Waals surface area contributed by atoms with Crippen LogP contribution < -0.4 is 9.47 Å². The molecule has 0 bridgehead atoms. The van der Waals surface area contributed by atoms with Gasteiger partial charge in [-0.1, -0.05) is 6.08 Å². The van der Waals surface area contributed by atoms with E-state index in [2.05, 4.69) is 4.85 Å². The van der Waals surface area contributed by atoms with Gasteiger partial charge in [0.05, 0.1) is 25.3 Å². The monoisotopic (exact) mass is 493 g/mol. The van der Waals surface area contributed by atoms with Crippen LogP contribution in [0.2, 0.25) is 0 Å². The quantitative estimate of drug-likeness (QED) is 0.190. The van der Waals surface area contributed by atoms with Gasteiger partial charge < -0.3 is 14.2 Å². The van der Waals surface area contributed by atoms with Gasteiger partial charge in [0.25, 0.3) is 0 Å². The number of carbonyl (C=O) groups excluding carboxylic acids is 1. The van der Waals surface area contributed by atoms with E-state index in [-0.39, 0.29) is 12.5 Å². The molecule has 5 nitrogen and oxygen atoms in total. The number of halogens is 3. The fraction of sp³-hybridized carbons (Fsp3) is 0.360. The number of rotatable bonds is 12. The van der Waals surface area contributed by atoms with Crippen LogP contribution in [0.4, 0.5) is 13.2 Å². The highest BCUT2D eigenvalue weighted by Crippen LogP contribution is 2.31. The molecule has 1 unspecified atom stereocenters. The lowest BCUT2D eigenvalue weighted by Gasteiger charge is -2.17. The number of hydrogen-bond donors (Lipinski definition) is 0. The minimum atomic E-state index is -4.39. The Morgan fingerprint density at radius 1 is 1.18 bits per heavy atom. The number of carbonyl (C=O) groups is 1.